The molecule has 92 valence electrons. The Bertz CT molecular complexity index is 422. The first-order chi connectivity index (χ1) is 8.01. The van der Waals surface area contributed by atoms with Crippen molar-refractivity contribution in [2.45, 2.75) is 25.9 Å². The number of alkyl halides is 1. The lowest BCUT2D eigenvalue weighted by Gasteiger charge is -2.27. The van der Waals surface area contributed by atoms with E-state index in [1.54, 1.807) is 31.2 Å². The number of carbonyl (C=O) groups is 1. The van der Waals surface area contributed by atoms with E-state index in [4.69, 9.17) is 0 Å². The fourth-order valence-electron chi connectivity index (χ4n) is 2.40. The molecule has 0 saturated carbocycles. The first kappa shape index (κ1) is 12.2. The second kappa shape index (κ2) is 4.57. The van der Waals surface area contributed by atoms with Crippen LogP contribution >= 0.6 is 0 Å². The molecule has 2 unspecified atom stereocenters. The van der Waals surface area contributed by atoms with Gasteiger partial charge in [0.2, 0.25) is 0 Å². The number of hydrogen-bond donors (Lipinski definition) is 1. The fourth-order valence-corrected chi connectivity index (χ4v) is 2.40. The Labute approximate surface area is 101 Å². The third-order valence-corrected chi connectivity index (χ3v) is 3.66. The highest BCUT2D eigenvalue weighted by Gasteiger charge is 2.37. The molecule has 3 heteroatoms. The standard InChI is InChI=1S/C14H18FNO/c1-10(17)11-4-3-5-12(8-11)14(2,15)13-6-7-16-9-13/h3-5,8,13,16H,6-7,9H2,1-2H3. The van der Waals surface area contributed by atoms with Gasteiger partial charge in [0.15, 0.2) is 5.78 Å². The molecule has 1 saturated heterocycles. The van der Waals surface area contributed by atoms with Gasteiger partial charge in [0.05, 0.1) is 0 Å². The number of Topliss-reactive ketones (excluding diaryl/α,β-unsaturated/α-hetero) is 1. The van der Waals surface area contributed by atoms with Crippen LogP contribution in [-0.2, 0) is 5.67 Å². The molecule has 0 aliphatic carbocycles. The van der Waals surface area contributed by atoms with Gasteiger partial charge in [-0.15, -0.1) is 0 Å². The number of rotatable bonds is 3. The molecular weight excluding hydrogens is 217 g/mol. The minimum Gasteiger partial charge on any atom is -0.316 e. The molecule has 1 aromatic carbocycles. The molecular formula is C14H18FNO. The van der Waals surface area contributed by atoms with Crippen LogP contribution in [0.5, 0.6) is 0 Å². The largest absolute Gasteiger partial charge is 0.316 e. The smallest absolute Gasteiger partial charge is 0.159 e. The predicted molar refractivity (Wildman–Crippen MR) is 65.9 cm³/mol. The summed E-state index contributed by atoms with van der Waals surface area (Å²) in [7, 11) is 0. The monoisotopic (exact) mass is 235 g/mol. The van der Waals surface area contributed by atoms with Crippen LogP contribution in [0.15, 0.2) is 24.3 Å². The Balaban J connectivity index is 2.31. The van der Waals surface area contributed by atoms with Crippen molar-refractivity contribution in [3.8, 4) is 0 Å². The van der Waals surface area contributed by atoms with Crippen molar-refractivity contribution in [2.24, 2.45) is 5.92 Å². The number of ketones is 1. The third-order valence-electron chi connectivity index (χ3n) is 3.66. The molecule has 0 amide bonds. The van der Waals surface area contributed by atoms with E-state index in [1.165, 1.54) is 6.92 Å². The zero-order valence-electron chi connectivity index (χ0n) is 10.3. The van der Waals surface area contributed by atoms with Crippen LogP contribution in [0, 0.1) is 5.92 Å². The SMILES string of the molecule is CC(=O)c1cccc(C(C)(F)C2CCNC2)c1. The van der Waals surface area contributed by atoms with Crippen LogP contribution in [-0.4, -0.2) is 18.9 Å². The van der Waals surface area contributed by atoms with Crippen molar-refractivity contribution in [3.63, 3.8) is 0 Å². The highest BCUT2D eigenvalue weighted by molar-refractivity contribution is 5.94. The van der Waals surface area contributed by atoms with Gasteiger partial charge in [0.1, 0.15) is 5.67 Å². The lowest BCUT2D eigenvalue weighted by Crippen LogP contribution is -2.29. The lowest BCUT2D eigenvalue weighted by molar-refractivity contribution is 0.101. The Morgan fingerprint density at radius 1 is 1.53 bits per heavy atom. The molecule has 1 N–H and O–H groups in total. The van der Waals surface area contributed by atoms with Gasteiger partial charge in [-0.1, -0.05) is 18.2 Å². The van der Waals surface area contributed by atoms with E-state index in [-0.39, 0.29) is 11.7 Å². The van der Waals surface area contributed by atoms with Gasteiger partial charge in [0.25, 0.3) is 0 Å². The molecule has 1 aliphatic rings. The van der Waals surface area contributed by atoms with Crippen molar-refractivity contribution in [1.82, 2.24) is 5.32 Å². The zero-order chi connectivity index (χ0) is 12.5. The number of halogens is 1. The van der Waals surface area contributed by atoms with Crippen molar-refractivity contribution >= 4 is 5.78 Å². The summed E-state index contributed by atoms with van der Waals surface area (Å²) in [6.45, 7) is 4.70. The number of carbonyl (C=O) groups excluding carboxylic acids is 1. The minimum atomic E-state index is -1.37. The number of hydrogen-bond acceptors (Lipinski definition) is 2. The minimum absolute atomic E-state index is 0.00953. The summed E-state index contributed by atoms with van der Waals surface area (Å²) in [5, 5.41) is 3.18. The Kier molecular flexibility index (Phi) is 3.29. The first-order valence-corrected chi connectivity index (χ1v) is 6.03. The van der Waals surface area contributed by atoms with E-state index in [0.717, 1.165) is 13.0 Å². The van der Waals surface area contributed by atoms with E-state index < -0.39 is 5.67 Å². The third kappa shape index (κ3) is 2.39. The maximum absolute atomic E-state index is 14.8. The summed E-state index contributed by atoms with van der Waals surface area (Å²) in [4.78, 5) is 11.3. The first-order valence-electron chi connectivity index (χ1n) is 6.03. The van der Waals surface area contributed by atoms with Crippen LogP contribution in [0.2, 0.25) is 0 Å². The molecule has 1 aromatic rings. The molecule has 2 atom stereocenters. The molecule has 0 spiro atoms. The van der Waals surface area contributed by atoms with Crippen LogP contribution in [0.25, 0.3) is 0 Å². The molecule has 2 nitrogen and oxygen atoms in total. The van der Waals surface area contributed by atoms with Crippen molar-refractivity contribution in [2.75, 3.05) is 13.1 Å². The topological polar surface area (TPSA) is 29.1 Å². The van der Waals surface area contributed by atoms with E-state index >= 15 is 0 Å². The summed E-state index contributed by atoms with van der Waals surface area (Å²) in [5.41, 5.74) is -0.175. The highest BCUT2D eigenvalue weighted by Crippen LogP contribution is 2.37. The second-order valence-corrected chi connectivity index (χ2v) is 4.90. The molecule has 1 heterocycles. The van der Waals surface area contributed by atoms with Crippen molar-refractivity contribution in [3.05, 3.63) is 35.4 Å². The van der Waals surface area contributed by atoms with Crippen LogP contribution < -0.4 is 5.32 Å². The van der Waals surface area contributed by atoms with Crippen LogP contribution in [0.3, 0.4) is 0 Å². The molecule has 0 aromatic heterocycles. The molecule has 0 radical (unpaired) electrons. The Morgan fingerprint density at radius 2 is 2.29 bits per heavy atom. The van der Waals surface area contributed by atoms with Gasteiger partial charge in [-0.25, -0.2) is 4.39 Å². The quantitative estimate of drug-likeness (QED) is 0.816. The summed E-state index contributed by atoms with van der Waals surface area (Å²) < 4.78 is 14.8. The average Bonchev–Trinajstić information content (AvgIpc) is 2.83. The Morgan fingerprint density at radius 3 is 2.88 bits per heavy atom. The van der Waals surface area contributed by atoms with Crippen LogP contribution in [0.1, 0.15) is 36.2 Å². The van der Waals surface area contributed by atoms with Gasteiger partial charge >= 0.3 is 0 Å². The summed E-state index contributed by atoms with van der Waals surface area (Å²) in [5.74, 6) is -0.0306. The molecule has 0 bridgehead atoms. The fraction of sp³-hybridized carbons (Fsp3) is 0.500. The van der Waals surface area contributed by atoms with Crippen molar-refractivity contribution in [1.29, 1.82) is 0 Å². The molecule has 1 aliphatic heterocycles. The highest BCUT2D eigenvalue weighted by atomic mass is 19.1. The average molecular weight is 235 g/mol. The van der Waals surface area contributed by atoms with Gasteiger partial charge in [-0.05, 0) is 38.4 Å². The maximum Gasteiger partial charge on any atom is 0.159 e. The molecule has 2 rings (SSSR count). The van der Waals surface area contributed by atoms with E-state index in [2.05, 4.69) is 5.32 Å². The summed E-state index contributed by atoms with van der Waals surface area (Å²) in [6, 6.07) is 6.94. The van der Waals surface area contributed by atoms with Gasteiger partial charge in [0, 0.05) is 18.0 Å². The zero-order valence-corrected chi connectivity index (χ0v) is 10.3. The normalized spacial score (nSPS) is 23.4. The Hall–Kier alpha value is -1.22. The number of benzene rings is 1. The van der Waals surface area contributed by atoms with Gasteiger partial charge < -0.3 is 5.32 Å². The summed E-state index contributed by atoms with van der Waals surface area (Å²) >= 11 is 0. The lowest BCUT2D eigenvalue weighted by atomic mass is 9.83. The summed E-state index contributed by atoms with van der Waals surface area (Å²) in [6.07, 6.45) is 0.845. The predicted octanol–water partition coefficient (Wildman–Crippen LogP) is 2.68. The van der Waals surface area contributed by atoms with Gasteiger partial charge in [-0.2, -0.15) is 0 Å². The van der Waals surface area contributed by atoms with Gasteiger partial charge in [-0.3, -0.25) is 4.79 Å². The van der Waals surface area contributed by atoms with E-state index in [0.29, 0.717) is 17.7 Å². The molecule has 17 heavy (non-hydrogen) atoms. The maximum atomic E-state index is 14.8. The van der Waals surface area contributed by atoms with E-state index in [1.807, 2.05) is 0 Å². The number of nitrogens with one attached hydrogen (secondary N) is 1. The second-order valence-electron chi connectivity index (χ2n) is 4.90. The van der Waals surface area contributed by atoms with Crippen LogP contribution in [0.4, 0.5) is 4.39 Å². The van der Waals surface area contributed by atoms with E-state index in [9.17, 15) is 9.18 Å². The van der Waals surface area contributed by atoms with Crippen molar-refractivity contribution < 1.29 is 9.18 Å². The molecule has 1 fully saturated rings.